The van der Waals surface area contributed by atoms with Crippen LogP contribution >= 0.6 is 11.6 Å². The van der Waals surface area contributed by atoms with Crippen LogP contribution in [-0.4, -0.2) is 68.0 Å². The zero-order valence-electron chi connectivity index (χ0n) is 20.4. The molecule has 2 aliphatic carbocycles. The molecule has 1 aliphatic heterocycles. The summed E-state index contributed by atoms with van der Waals surface area (Å²) in [6.07, 6.45) is 2.03. The number of sulfone groups is 1. The standard InChI is InChI=1S/C26H28ClF3N2O5S/c27-20-4-1-15(25(33)31-18-12-21(28)24(30)22(29)13-18)9-23(20)38(35,36)19-10-16-2-3-17(11-19)26(16,34)14-32-5-7-37-8-6-32/h1,4,9,12-13,16-17,19,34H,2-3,5-8,10-11,14H2,(H,31,33). The van der Waals surface area contributed by atoms with Gasteiger partial charge in [0.25, 0.3) is 5.91 Å². The van der Waals surface area contributed by atoms with Crippen molar-refractivity contribution in [2.45, 2.75) is 41.4 Å². The number of rotatable bonds is 6. The first-order chi connectivity index (χ1) is 18.0. The molecule has 2 bridgehead atoms. The Labute approximate surface area is 223 Å². The second-order valence-corrected chi connectivity index (χ2v) is 12.9. The third kappa shape index (κ3) is 5.06. The highest BCUT2D eigenvalue weighted by Gasteiger charge is 2.56. The fourth-order valence-electron chi connectivity index (χ4n) is 6.11. The van der Waals surface area contributed by atoms with Gasteiger partial charge >= 0.3 is 0 Å². The van der Waals surface area contributed by atoms with Crippen LogP contribution in [0.25, 0.3) is 0 Å². The summed E-state index contributed by atoms with van der Waals surface area (Å²) in [6.45, 7) is 3.15. The summed E-state index contributed by atoms with van der Waals surface area (Å²) in [5, 5.41) is 13.0. The average Bonchev–Trinajstić information content (AvgIpc) is 3.04. The minimum absolute atomic E-state index is 0.0538. The van der Waals surface area contributed by atoms with Crippen LogP contribution in [0.4, 0.5) is 18.9 Å². The van der Waals surface area contributed by atoms with Crippen LogP contribution in [0, 0.1) is 29.3 Å². The number of morpholine rings is 1. The SMILES string of the molecule is O=C(Nc1cc(F)c(F)c(F)c1)c1ccc(Cl)c(S(=O)(=O)C2CC3CCC(C2)C3(O)CN2CCOCC2)c1. The van der Waals surface area contributed by atoms with Crippen molar-refractivity contribution in [1.29, 1.82) is 0 Å². The van der Waals surface area contributed by atoms with Gasteiger partial charge in [-0.1, -0.05) is 11.6 Å². The maximum Gasteiger partial charge on any atom is 0.255 e. The van der Waals surface area contributed by atoms with Crippen molar-refractivity contribution < 1.29 is 36.2 Å². The van der Waals surface area contributed by atoms with Crippen LogP contribution in [0.15, 0.2) is 35.2 Å². The van der Waals surface area contributed by atoms with Crippen LogP contribution in [-0.2, 0) is 14.6 Å². The number of halogens is 4. The summed E-state index contributed by atoms with van der Waals surface area (Å²) in [5.41, 5.74) is -1.39. The molecule has 38 heavy (non-hydrogen) atoms. The predicted molar refractivity (Wildman–Crippen MR) is 134 cm³/mol. The summed E-state index contributed by atoms with van der Waals surface area (Å²) in [6, 6.07) is 4.96. The largest absolute Gasteiger partial charge is 0.388 e. The molecule has 1 saturated heterocycles. The first kappa shape index (κ1) is 27.4. The Morgan fingerprint density at radius 2 is 1.68 bits per heavy atom. The highest BCUT2D eigenvalue weighted by molar-refractivity contribution is 7.92. The Bertz CT molecular complexity index is 1320. The maximum atomic E-state index is 13.7. The van der Waals surface area contributed by atoms with Crippen molar-refractivity contribution in [3.63, 3.8) is 0 Å². The Morgan fingerprint density at radius 1 is 1.08 bits per heavy atom. The van der Waals surface area contributed by atoms with E-state index in [2.05, 4.69) is 10.2 Å². The molecule has 2 unspecified atom stereocenters. The molecule has 206 valence electrons. The minimum atomic E-state index is -3.98. The third-order valence-corrected chi connectivity index (χ3v) is 10.8. The molecule has 2 atom stereocenters. The van der Waals surface area contributed by atoms with Crippen LogP contribution in [0.3, 0.4) is 0 Å². The number of nitrogens with zero attached hydrogens (tertiary/aromatic N) is 1. The lowest BCUT2D eigenvalue weighted by atomic mass is 9.74. The number of benzene rings is 2. The van der Waals surface area contributed by atoms with Crippen molar-refractivity contribution >= 4 is 33.0 Å². The number of carbonyl (C=O) groups is 1. The van der Waals surface area contributed by atoms with Crippen molar-refractivity contribution in [2.75, 3.05) is 38.2 Å². The van der Waals surface area contributed by atoms with Gasteiger partial charge in [-0.3, -0.25) is 9.69 Å². The molecule has 3 fully saturated rings. The maximum absolute atomic E-state index is 13.7. The number of aliphatic hydroxyl groups is 1. The zero-order valence-corrected chi connectivity index (χ0v) is 22.0. The Balaban J connectivity index is 1.35. The molecule has 7 nitrogen and oxygen atoms in total. The van der Waals surface area contributed by atoms with E-state index < -0.39 is 44.0 Å². The monoisotopic (exact) mass is 572 g/mol. The van der Waals surface area contributed by atoms with Gasteiger partial charge in [0.1, 0.15) is 0 Å². The quantitative estimate of drug-likeness (QED) is 0.508. The number of hydrogen-bond donors (Lipinski definition) is 2. The molecule has 2 N–H and O–H groups in total. The number of fused-ring (bicyclic) bond motifs is 2. The van der Waals surface area contributed by atoms with Crippen LogP contribution in [0.5, 0.6) is 0 Å². The van der Waals surface area contributed by atoms with Gasteiger partial charge in [0.05, 0.1) is 34.0 Å². The van der Waals surface area contributed by atoms with Gasteiger partial charge in [-0.25, -0.2) is 21.6 Å². The molecule has 12 heteroatoms. The third-order valence-electron chi connectivity index (χ3n) is 8.13. The summed E-state index contributed by atoms with van der Waals surface area (Å²) >= 11 is 6.28. The van der Waals surface area contributed by atoms with Crippen LogP contribution < -0.4 is 5.32 Å². The summed E-state index contributed by atoms with van der Waals surface area (Å²) in [5.74, 6) is -5.82. The minimum Gasteiger partial charge on any atom is -0.388 e. The molecular weight excluding hydrogens is 545 g/mol. The number of β-amino-alcohol motifs (C(OH)–C–C–N with tert-alkyl or cyclic N) is 1. The fourth-order valence-corrected chi connectivity index (χ4v) is 8.51. The van der Waals surface area contributed by atoms with E-state index in [-0.39, 0.29) is 45.8 Å². The molecular formula is C26H28ClF3N2O5S. The summed E-state index contributed by atoms with van der Waals surface area (Å²) < 4.78 is 73.1. The first-order valence-corrected chi connectivity index (χ1v) is 14.4. The van der Waals surface area contributed by atoms with E-state index in [1.807, 2.05) is 0 Å². The molecule has 1 heterocycles. The van der Waals surface area contributed by atoms with E-state index in [1.165, 1.54) is 12.1 Å². The molecule has 2 aromatic carbocycles. The van der Waals surface area contributed by atoms with Crippen molar-refractivity contribution in [1.82, 2.24) is 4.90 Å². The average molecular weight is 573 g/mol. The van der Waals surface area contributed by atoms with E-state index in [1.54, 1.807) is 0 Å². The molecule has 2 aromatic rings. The highest BCUT2D eigenvalue weighted by Crippen LogP contribution is 2.52. The first-order valence-electron chi connectivity index (χ1n) is 12.5. The van der Waals surface area contributed by atoms with E-state index in [9.17, 15) is 31.5 Å². The molecule has 0 radical (unpaired) electrons. The van der Waals surface area contributed by atoms with E-state index in [4.69, 9.17) is 16.3 Å². The highest BCUT2D eigenvalue weighted by atomic mass is 35.5. The van der Waals surface area contributed by atoms with Gasteiger partial charge in [0.15, 0.2) is 27.3 Å². The van der Waals surface area contributed by atoms with Crippen LogP contribution in [0.1, 0.15) is 36.0 Å². The second kappa shape index (κ2) is 10.4. The van der Waals surface area contributed by atoms with Gasteiger partial charge < -0.3 is 15.2 Å². The number of hydrogen-bond acceptors (Lipinski definition) is 6. The van der Waals surface area contributed by atoms with Gasteiger partial charge in [0.2, 0.25) is 0 Å². The lowest BCUT2D eigenvalue weighted by Crippen LogP contribution is -2.56. The lowest BCUT2D eigenvalue weighted by Gasteiger charge is -2.45. The van der Waals surface area contributed by atoms with Gasteiger partial charge in [0, 0.05) is 43.0 Å². The van der Waals surface area contributed by atoms with Gasteiger partial charge in [-0.05, 0) is 55.7 Å². The molecule has 1 amide bonds. The second-order valence-electron chi connectivity index (χ2n) is 10.3. The number of carbonyl (C=O) groups excluding carboxylic acids is 1. The number of ether oxygens (including phenoxy) is 1. The summed E-state index contributed by atoms with van der Waals surface area (Å²) in [7, 11) is -3.98. The smallest absolute Gasteiger partial charge is 0.255 e. The van der Waals surface area contributed by atoms with Gasteiger partial charge in [-0.2, -0.15) is 0 Å². The topological polar surface area (TPSA) is 95.9 Å². The summed E-state index contributed by atoms with van der Waals surface area (Å²) in [4.78, 5) is 14.7. The predicted octanol–water partition coefficient (Wildman–Crippen LogP) is 4.04. The van der Waals surface area contributed by atoms with E-state index >= 15 is 0 Å². The Morgan fingerprint density at radius 3 is 2.29 bits per heavy atom. The van der Waals surface area contributed by atoms with E-state index in [0.717, 1.165) is 32.0 Å². The van der Waals surface area contributed by atoms with Crippen molar-refractivity contribution in [3.05, 3.63) is 58.4 Å². The molecule has 0 aromatic heterocycles. The Kier molecular flexibility index (Phi) is 7.51. The van der Waals surface area contributed by atoms with Gasteiger partial charge in [-0.15, -0.1) is 0 Å². The fraction of sp³-hybridized carbons (Fsp3) is 0.500. The number of anilines is 1. The zero-order chi connectivity index (χ0) is 27.2. The van der Waals surface area contributed by atoms with Crippen molar-refractivity contribution in [2.24, 2.45) is 11.8 Å². The van der Waals surface area contributed by atoms with Crippen LogP contribution in [0.2, 0.25) is 5.02 Å². The number of amides is 1. The van der Waals surface area contributed by atoms with Crippen molar-refractivity contribution in [3.8, 4) is 0 Å². The molecule has 2 saturated carbocycles. The van der Waals surface area contributed by atoms with E-state index in [0.29, 0.717) is 31.9 Å². The molecule has 3 aliphatic rings. The molecule has 0 spiro atoms. The number of nitrogens with one attached hydrogen (secondary N) is 1. The Hall–Kier alpha value is -2.18. The lowest BCUT2D eigenvalue weighted by molar-refractivity contribution is -0.0935. The normalized spacial score (nSPS) is 27.9. The molecule has 5 rings (SSSR count).